The number of benzene rings is 1. The average Bonchev–Trinajstić information content (AvgIpc) is 2.96. The number of carbonyl (C=O) groups excluding carboxylic acids is 1. The zero-order valence-electron chi connectivity index (χ0n) is 10.7. The molecule has 0 unspecified atom stereocenters. The van der Waals surface area contributed by atoms with Crippen LogP contribution in [0.25, 0.3) is 4.96 Å². The van der Waals surface area contributed by atoms with Crippen LogP contribution in [0.5, 0.6) is 0 Å². The van der Waals surface area contributed by atoms with E-state index >= 15 is 0 Å². The van der Waals surface area contributed by atoms with E-state index in [1.54, 1.807) is 17.6 Å². The van der Waals surface area contributed by atoms with Gasteiger partial charge in [-0.3, -0.25) is 14.0 Å². The van der Waals surface area contributed by atoms with Crippen LogP contribution >= 0.6 is 22.9 Å². The van der Waals surface area contributed by atoms with Gasteiger partial charge in [0.2, 0.25) is 0 Å². The summed E-state index contributed by atoms with van der Waals surface area (Å²) in [7, 11) is 0. The van der Waals surface area contributed by atoms with E-state index in [1.165, 1.54) is 21.9 Å². The molecular weight excluding hydrogens is 310 g/mol. The Morgan fingerprint density at radius 1 is 1.38 bits per heavy atom. The first-order valence-electron chi connectivity index (χ1n) is 6.13. The number of nitrogens with one attached hydrogen (secondary N) is 1. The molecule has 7 heteroatoms. The molecule has 1 amide bonds. The lowest BCUT2D eigenvalue weighted by atomic mass is 10.2. The average molecular weight is 320 g/mol. The number of hydrogen-bond acceptors (Lipinski definition) is 4. The molecule has 3 aromatic rings. The fraction of sp³-hybridized carbons (Fsp3) is 0.0714. The first-order chi connectivity index (χ1) is 10.2. The Hall–Kier alpha value is -2.18. The van der Waals surface area contributed by atoms with Gasteiger partial charge in [-0.25, -0.2) is 4.98 Å². The summed E-state index contributed by atoms with van der Waals surface area (Å²) >= 11 is 7.36. The molecule has 0 saturated carbocycles. The van der Waals surface area contributed by atoms with Crippen molar-refractivity contribution in [1.82, 2.24) is 14.7 Å². The summed E-state index contributed by atoms with van der Waals surface area (Å²) in [5.41, 5.74) is 0.424. The molecule has 0 spiro atoms. The molecule has 2 aromatic heterocycles. The van der Waals surface area contributed by atoms with Crippen molar-refractivity contribution in [3.8, 4) is 0 Å². The third kappa shape index (κ3) is 2.68. The van der Waals surface area contributed by atoms with Gasteiger partial charge in [-0.2, -0.15) is 0 Å². The monoisotopic (exact) mass is 319 g/mol. The van der Waals surface area contributed by atoms with Crippen molar-refractivity contribution in [2.24, 2.45) is 0 Å². The maximum Gasteiger partial charge on any atom is 0.271 e. The maximum absolute atomic E-state index is 12.2. The Morgan fingerprint density at radius 3 is 3.00 bits per heavy atom. The Labute approximate surface area is 128 Å². The molecule has 1 N–H and O–H groups in total. The first-order valence-corrected chi connectivity index (χ1v) is 7.39. The molecule has 0 aliphatic rings. The van der Waals surface area contributed by atoms with Crippen molar-refractivity contribution < 1.29 is 4.79 Å². The van der Waals surface area contributed by atoms with E-state index in [2.05, 4.69) is 10.3 Å². The van der Waals surface area contributed by atoms with Crippen LogP contribution in [0.1, 0.15) is 15.9 Å². The second-order valence-electron chi connectivity index (χ2n) is 4.31. The van der Waals surface area contributed by atoms with Crippen LogP contribution in [0, 0.1) is 0 Å². The summed E-state index contributed by atoms with van der Waals surface area (Å²) in [4.78, 5) is 28.9. The Balaban J connectivity index is 1.83. The van der Waals surface area contributed by atoms with Crippen LogP contribution in [-0.2, 0) is 6.54 Å². The summed E-state index contributed by atoms with van der Waals surface area (Å²) in [6.45, 7) is 0.254. The summed E-state index contributed by atoms with van der Waals surface area (Å²) in [6.07, 6.45) is 2.90. The van der Waals surface area contributed by atoms with Gasteiger partial charge in [-0.15, -0.1) is 11.3 Å². The van der Waals surface area contributed by atoms with Gasteiger partial charge in [-0.1, -0.05) is 29.8 Å². The molecule has 2 heterocycles. The molecule has 0 saturated heterocycles. The zero-order valence-corrected chi connectivity index (χ0v) is 12.3. The number of thiazole rings is 1. The Kier molecular flexibility index (Phi) is 3.72. The lowest BCUT2D eigenvalue weighted by Gasteiger charge is -2.06. The first kappa shape index (κ1) is 13.8. The lowest BCUT2D eigenvalue weighted by Crippen LogP contribution is -2.30. The van der Waals surface area contributed by atoms with E-state index in [4.69, 9.17) is 11.6 Å². The number of nitrogens with zero attached hydrogens (tertiary/aromatic N) is 2. The lowest BCUT2D eigenvalue weighted by molar-refractivity contribution is 0.0949. The third-order valence-electron chi connectivity index (χ3n) is 2.98. The van der Waals surface area contributed by atoms with Crippen molar-refractivity contribution in [2.45, 2.75) is 6.54 Å². The summed E-state index contributed by atoms with van der Waals surface area (Å²) in [5, 5.41) is 5.00. The minimum Gasteiger partial charge on any atom is -0.348 e. The van der Waals surface area contributed by atoms with Crippen molar-refractivity contribution in [2.75, 3.05) is 0 Å². The second-order valence-corrected chi connectivity index (χ2v) is 5.59. The van der Waals surface area contributed by atoms with Crippen LogP contribution in [0.2, 0.25) is 5.02 Å². The minimum atomic E-state index is -0.465. The minimum absolute atomic E-state index is 0.0120. The molecule has 0 aliphatic carbocycles. The molecule has 0 radical (unpaired) electrons. The van der Waals surface area contributed by atoms with Crippen LogP contribution in [0.3, 0.4) is 0 Å². The van der Waals surface area contributed by atoms with Crippen LogP contribution in [-0.4, -0.2) is 15.3 Å². The van der Waals surface area contributed by atoms with Crippen molar-refractivity contribution in [3.63, 3.8) is 0 Å². The van der Waals surface area contributed by atoms with E-state index in [1.807, 2.05) is 18.2 Å². The number of hydrogen-bond donors (Lipinski definition) is 1. The summed E-state index contributed by atoms with van der Waals surface area (Å²) in [5.74, 6) is -0.465. The second kappa shape index (κ2) is 5.67. The molecule has 0 bridgehead atoms. The number of carbonyl (C=O) groups is 1. The van der Waals surface area contributed by atoms with E-state index in [0.717, 1.165) is 5.56 Å². The van der Waals surface area contributed by atoms with Gasteiger partial charge in [0.15, 0.2) is 4.96 Å². The van der Waals surface area contributed by atoms with E-state index in [-0.39, 0.29) is 17.7 Å². The van der Waals surface area contributed by atoms with Gasteiger partial charge in [-0.05, 0) is 11.6 Å². The van der Waals surface area contributed by atoms with Gasteiger partial charge < -0.3 is 5.32 Å². The molecule has 0 fully saturated rings. The van der Waals surface area contributed by atoms with E-state index in [0.29, 0.717) is 9.98 Å². The molecule has 21 heavy (non-hydrogen) atoms. The highest BCUT2D eigenvalue weighted by Crippen LogP contribution is 2.14. The van der Waals surface area contributed by atoms with Gasteiger partial charge in [0.1, 0.15) is 5.56 Å². The quantitative estimate of drug-likeness (QED) is 0.806. The van der Waals surface area contributed by atoms with E-state index < -0.39 is 5.91 Å². The molecule has 0 atom stereocenters. The fourth-order valence-corrected chi connectivity index (χ4v) is 2.77. The van der Waals surface area contributed by atoms with Gasteiger partial charge in [0.25, 0.3) is 11.5 Å². The molecule has 0 aliphatic heterocycles. The highest BCUT2D eigenvalue weighted by atomic mass is 35.5. The highest BCUT2D eigenvalue weighted by Gasteiger charge is 2.13. The standard InChI is InChI=1S/C14H10ClN3O2S/c15-11-4-2-1-3-9(11)7-16-12(19)10-8-17-14-18(13(10)20)5-6-21-14/h1-6,8H,7H2,(H,16,19). The maximum atomic E-state index is 12.2. The number of fused-ring (bicyclic) bond motifs is 1. The normalized spacial score (nSPS) is 10.7. The van der Waals surface area contributed by atoms with Crippen LogP contribution in [0.15, 0.2) is 46.8 Å². The topological polar surface area (TPSA) is 63.5 Å². The molecule has 1 aromatic carbocycles. The highest BCUT2D eigenvalue weighted by molar-refractivity contribution is 7.15. The largest absolute Gasteiger partial charge is 0.348 e. The van der Waals surface area contributed by atoms with Gasteiger partial charge in [0, 0.05) is 29.3 Å². The van der Waals surface area contributed by atoms with Crippen molar-refractivity contribution in [3.05, 3.63) is 68.5 Å². The summed E-state index contributed by atoms with van der Waals surface area (Å²) in [6, 6.07) is 7.21. The molecule has 3 rings (SSSR count). The predicted octanol–water partition coefficient (Wildman–Crippen LogP) is 2.34. The third-order valence-corrected chi connectivity index (χ3v) is 4.12. The van der Waals surface area contributed by atoms with Crippen LogP contribution in [0.4, 0.5) is 0 Å². The predicted molar refractivity (Wildman–Crippen MR) is 82.0 cm³/mol. The number of rotatable bonds is 3. The zero-order chi connectivity index (χ0) is 14.8. The van der Waals surface area contributed by atoms with Crippen molar-refractivity contribution in [1.29, 1.82) is 0 Å². The fourth-order valence-electron chi connectivity index (χ4n) is 1.89. The number of halogens is 1. The van der Waals surface area contributed by atoms with E-state index in [9.17, 15) is 9.59 Å². The Morgan fingerprint density at radius 2 is 2.19 bits per heavy atom. The smallest absolute Gasteiger partial charge is 0.271 e. The Bertz CT molecular complexity index is 872. The summed E-state index contributed by atoms with van der Waals surface area (Å²) < 4.78 is 1.36. The number of amides is 1. The molecule has 5 nitrogen and oxygen atoms in total. The number of aromatic nitrogens is 2. The van der Waals surface area contributed by atoms with Gasteiger partial charge >= 0.3 is 0 Å². The van der Waals surface area contributed by atoms with Crippen LogP contribution < -0.4 is 10.9 Å². The van der Waals surface area contributed by atoms with Crippen molar-refractivity contribution >= 4 is 33.8 Å². The molecule has 106 valence electrons. The SMILES string of the molecule is O=C(NCc1ccccc1Cl)c1cnc2sccn2c1=O. The van der Waals surface area contributed by atoms with Gasteiger partial charge in [0.05, 0.1) is 0 Å². The molecular formula is C14H10ClN3O2S.